The lowest BCUT2D eigenvalue weighted by molar-refractivity contribution is 0.0949. The van der Waals surface area contributed by atoms with Crippen LogP contribution in [0.5, 0.6) is 0 Å². The summed E-state index contributed by atoms with van der Waals surface area (Å²) in [5.41, 5.74) is 1.65. The molecule has 0 unspecified atom stereocenters. The molecule has 1 N–H and O–H groups in total. The van der Waals surface area contributed by atoms with E-state index in [9.17, 15) is 4.79 Å². The number of thiophene rings is 1. The molecular formula is C15H15N5OS. The number of pyridine rings is 1. The second kappa shape index (κ2) is 6.48. The van der Waals surface area contributed by atoms with Gasteiger partial charge in [-0.1, -0.05) is 6.07 Å². The number of hydrogen-bond donors (Lipinski definition) is 1. The van der Waals surface area contributed by atoms with Crippen molar-refractivity contribution in [2.24, 2.45) is 0 Å². The summed E-state index contributed by atoms with van der Waals surface area (Å²) in [6, 6.07) is 7.38. The molecule has 22 heavy (non-hydrogen) atoms. The Morgan fingerprint density at radius 1 is 1.27 bits per heavy atom. The second-order valence-electron chi connectivity index (χ2n) is 4.78. The second-order valence-corrected chi connectivity index (χ2v) is 5.78. The van der Waals surface area contributed by atoms with Gasteiger partial charge in [-0.2, -0.15) is 0 Å². The fraction of sp³-hybridized carbons (Fsp3) is 0.200. The van der Waals surface area contributed by atoms with Crippen LogP contribution in [0.25, 0.3) is 5.82 Å². The minimum Gasteiger partial charge on any atom is -0.350 e. The van der Waals surface area contributed by atoms with Gasteiger partial charge in [-0.15, -0.1) is 21.5 Å². The van der Waals surface area contributed by atoms with Crippen molar-refractivity contribution in [3.05, 3.63) is 58.4 Å². The summed E-state index contributed by atoms with van der Waals surface area (Å²) in [6.45, 7) is 2.68. The Hall–Kier alpha value is -2.54. The predicted octanol–water partition coefficient (Wildman–Crippen LogP) is 2.00. The molecule has 112 valence electrons. The Balaban J connectivity index is 1.63. The highest BCUT2D eigenvalue weighted by molar-refractivity contribution is 7.10. The van der Waals surface area contributed by atoms with E-state index in [1.165, 1.54) is 10.4 Å². The lowest BCUT2D eigenvalue weighted by Crippen LogP contribution is -2.26. The summed E-state index contributed by atoms with van der Waals surface area (Å²) in [7, 11) is 0. The van der Waals surface area contributed by atoms with Crippen LogP contribution in [0.4, 0.5) is 0 Å². The van der Waals surface area contributed by atoms with Crippen molar-refractivity contribution in [1.82, 2.24) is 25.1 Å². The van der Waals surface area contributed by atoms with Crippen LogP contribution in [0, 0.1) is 6.92 Å². The number of carbonyl (C=O) groups excluding carboxylic acids is 1. The normalized spacial score (nSPS) is 10.6. The summed E-state index contributed by atoms with van der Waals surface area (Å²) in [5, 5.41) is 12.4. The standard InChI is InChI=1S/C15H15N5OS/c1-11-6-8-22-13(11)5-7-16-15(21)12-3-2-4-14(19-12)20-9-17-18-10-20/h2-4,6,8-10H,5,7H2,1H3,(H,16,21). The van der Waals surface area contributed by atoms with E-state index in [1.807, 2.05) is 0 Å². The monoisotopic (exact) mass is 313 g/mol. The molecule has 0 aliphatic rings. The lowest BCUT2D eigenvalue weighted by atomic mass is 10.2. The van der Waals surface area contributed by atoms with Crippen LogP contribution >= 0.6 is 11.3 Å². The maximum Gasteiger partial charge on any atom is 0.269 e. The lowest BCUT2D eigenvalue weighted by Gasteiger charge is -2.06. The molecule has 3 heterocycles. The van der Waals surface area contributed by atoms with Gasteiger partial charge < -0.3 is 5.32 Å². The van der Waals surface area contributed by atoms with Gasteiger partial charge in [0.1, 0.15) is 24.2 Å². The fourth-order valence-electron chi connectivity index (χ4n) is 2.05. The third-order valence-electron chi connectivity index (χ3n) is 3.26. The summed E-state index contributed by atoms with van der Waals surface area (Å²) in [5.74, 6) is 0.441. The zero-order valence-electron chi connectivity index (χ0n) is 12.1. The number of aromatic nitrogens is 4. The minimum absolute atomic E-state index is 0.177. The Kier molecular flexibility index (Phi) is 4.24. The van der Waals surface area contributed by atoms with Crippen LogP contribution in [0.1, 0.15) is 20.9 Å². The summed E-state index contributed by atoms with van der Waals surface area (Å²) >= 11 is 1.71. The maximum atomic E-state index is 12.2. The Labute approximate surface area is 131 Å². The molecule has 3 rings (SSSR count). The first-order valence-corrected chi connectivity index (χ1v) is 7.75. The quantitative estimate of drug-likeness (QED) is 0.782. The molecule has 0 saturated carbocycles. The molecule has 0 bridgehead atoms. The van der Waals surface area contributed by atoms with Crippen molar-refractivity contribution in [3.63, 3.8) is 0 Å². The molecule has 0 aliphatic carbocycles. The van der Waals surface area contributed by atoms with Crippen molar-refractivity contribution in [3.8, 4) is 5.82 Å². The Morgan fingerprint density at radius 3 is 2.82 bits per heavy atom. The van der Waals surface area contributed by atoms with Crippen molar-refractivity contribution in [2.45, 2.75) is 13.3 Å². The van der Waals surface area contributed by atoms with Crippen molar-refractivity contribution in [1.29, 1.82) is 0 Å². The topological polar surface area (TPSA) is 72.7 Å². The van der Waals surface area contributed by atoms with E-state index in [2.05, 4.69) is 38.9 Å². The van der Waals surface area contributed by atoms with Gasteiger partial charge in [0.2, 0.25) is 0 Å². The van der Waals surface area contributed by atoms with E-state index < -0.39 is 0 Å². The summed E-state index contributed by atoms with van der Waals surface area (Å²) in [4.78, 5) is 17.8. The number of carbonyl (C=O) groups is 1. The molecule has 3 aromatic heterocycles. The molecule has 7 heteroatoms. The summed E-state index contributed by atoms with van der Waals surface area (Å²) < 4.78 is 1.66. The number of hydrogen-bond acceptors (Lipinski definition) is 5. The molecule has 0 atom stereocenters. The molecular weight excluding hydrogens is 298 g/mol. The van der Waals surface area contributed by atoms with Gasteiger partial charge in [0.25, 0.3) is 5.91 Å². The Morgan fingerprint density at radius 2 is 2.09 bits per heavy atom. The van der Waals surface area contributed by atoms with Crippen LogP contribution in [0.3, 0.4) is 0 Å². The summed E-state index contributed by atoms with van der Waals surface area (Å²) in [6.07, 6.45) is 3.92. The maximum absolute atomic E-state index is 12.2. The number of nitrogens with one attached hydrogen (secondary N) is 1. The number of aryl methyl sites for hydroxylation is 1. The molecule has 6 nitrogen and oxygen atoms in total. The number of nitrogens with zero attached hydrogens (tertiary/aromatic N) is 4. The van der Waals surface area contributed by atoms with Gasteiger partial charge in [0.05, 0.1) is 0 Å². The van der Waals surface area contributed by atoms with Crippen LogP contribution in [0.2, 0.25) is 0 Å². The van der Waals surface area contributed by atoms with E-state index in [0.29, 0.717) is 18.1 Å². The molecule has 0 spiro atoms. The van der Waals surface area contributed by atoms with Crippen LogP contribution in [0.15, 0.2) is 42.3 Å². The smallest absolute Gasteiger partial charge is 0.269 e. The van der Waals surface area contributed by atoms with E-state index in [-0.39, 0.29) is 5.91 Å². The molecule has 0 aliphatic heterocycles. The molecule has 0 aromatic carbocycles. The van der Waals surface area contributed by atoms with Gasteiger partial charge in [-0.25, -0.2) is 4.98 Å². The van der Waals surface area contributed by atoms with Gasteiger partial charge in [-0.3, -0.25) is 9.36 Å². The zero-order valence-corrected chi connectivity index (χ0v) is 12.9. The first-order chi connectivity index (χ1) is 10.7. The van der Waals surface area contributed by atoms with Crippen molar-refractivity contribution in [2.75, 3.05) is 6.54 Å². The van der Waals surface area contributed by atoms with E-state index >= 15 is 0 Å². The van der Waals surface area contributed by atoms with Crippen LogP contribution in [-0.4, -0.2) is 32.2 Å². The highest BCUT2D eigenvalue weighted by Crippen LogP contribution is 2.15. The molecule has 3 aromatic rings. The van der Waals surface area contributed by atoms with Crippen LogP contribution in [-0.2, 0) is 6.42 Å². The number of rotatable bonds is 5. The number of amides is 1. The average Bonchev–Trinajstić information content (AvgIpc) is 3.20. The first kappa shape index (κ1) is 14.4. The molecule has 0 saturated heterocycles. The third-order valence-corrected chi connectivity index (χ3v) is 4.34. The minimum atomic E-state index is -0.177. The van der Waals surface area contributed by atoms with Crippen LogP contribution < -0.4 is 5.32 Å². The molecule has 0 radical (unpaired) electrons. The molecule has 0 fully saturated rings. The zero-order chi connectivity index (χ0) is 15.4. The van der Waals surface area contributed by atoms with E-state index in [4.69, 9.17) is 0 Å². The molecule has 1 amide bonds. The SMILES string of the molecule is Cc1ccsc1CCNC(=O)c1cccc(-n2cnnc2)n1. The van der Waals surface area contributed by atoms with E-state index in [1.54, 1.807) is 46.8 Å². The largest absolute Gasteiger partial charge is 0.350 e. The van der Waals surface area contributed by atoms with Crippen molar-refractivity contribution >= 4 is 17.2 Å². The van der Waals surface area contributed by atoms with E-state index in [0.717, 1.165) is 6.42 Å². The third kappa shape index (κ3) is 3.20. The van der Waals surface area contributed by atoms with Gasteiger partial charge in [0.15, 0.2) is 0 Å². The van der Waals surface area contributed by atoms with Gasteiger partial charge in [-0.05, 0) is 42.5 Å². The predicted molar refractivity (Wildman–Crippen MR) is 84.2 cm³/mol. The highest BCUT2D eigenvalue weighted by Gasteiger charge is 2.09. The average molecular weight is 313 g/mol. The van der Waals surface area contributed by atoms with Crippen molar-refractivity contribution < 1.29 is 4.79 Å². The van der Waals surface area contributed by atoms with Gasteiger partial charge >= 0.3 is 0 Å². The Bertz CT molecular complexity index is 766. The van der Waals surface area contributed by atoms with Gasteiger partial charge in [0, 0.05) is 11.4 Å². The first-order valence-electron chi connectivity index (χ1n) is 6.87. The highest BCUT2D eigenvalue weighted by atomic mass is 32.1. The fourth-order valence-corrected chi connectivity index (χ4v) is 2.96.